The van der Waals surface area contributed by atoms with Crippen LogP contribution in [-0.2, 0) is 13.5 Å². The molecule has 1 rings (SSSR count). The minimum atomic E-state index is 0.335. The fourth-order valence-electron chi connectivity index (χ4n) is 2.14. The molecule has 1 unspecified atom stereocenters. The zero-order valence-electron chi connectivity index (χ0n) is 11.0. The van der Waals surface area contributed by atoms with Crippen LogP contribution in [0.15, 0.2) is 0 Å². The molecule has 0 aliphatic heterocycles. The maximum atomic E-state index is 5.60. The molecule has 4 nitrogen and oxygen atoms in total. The lowest BCUT2D eigenvalue weighted by Gasteiger charge is -2.18. The van der Waals surface area contributed by atoms with Crippen LogP contribution in [0.5, 0.6) is 0 Å². The summed E-state index contributed by atoms with van der Waals surface area (Å²) in [5.41, 5.74) is 6.59. The molecule has 16 heavy (non-hydrogen) atoms. The molecule has 1 atom stereocenters. The van der Waals surface area contributed by atoms with E-state index in [-0.39, 0.29) is 0 Å². The van der Waals surface area contributed by atoms with Gasteiger partial charge in [-0.05, 0) is 38.2 Å². The second-order valence-electron chi connectivity index (χ2n) is 4.97. The molecule has 0 saturated heterocycles. The van der Waals surface area contributed by atoms with Crippen LogP contribution in [0, 0.1) is 19.8 Å². The van der Waals surface area contributed by atoms with Gasteiger partial charge in [-0.2, -0.15) is 5.10 Å². The van der Waals surface area contributed by atoms with Crippen LogP contribution in [0.25, 0.3) is 0 Å². The van der Waals surface area contributed by atoms with Crippen LogP contribution in [0.2, 0.25) is 0 Å². The summed E-state index contributed by atoms with van der Waals surface area (Å²) in [4.78, 5) is 0. The Morgan fingerprint density at radius 1 is 1.38 bits per heavy atom. The van der Waals surface area contributed by atoms with Gasteiger partial charge in [0.2, 0.25) is 0 Å². The zero-order valence-corrected chi connectivity index (χ0v) is 11.0. The van der Waals surface area contributed by atoms with E-state index in [1.165, 1.54) is 11.3 Å². The van der Waals surface area contributed by atoms with Crippen LogP contribution < -0.4 is 11.3 Å². The van der Waals surface area contributed by atoms with Crippen molar-refractivity contribution < 1.29 is 0 Å². The van der Waals surface area contributed by atoms with E-state index >= 15 is 0 Å². The van der Waals surface area contributed by atoms with E-state index in [1.54, 1.807) is 0 Å². The second-order valence-corrected chi connectivity index (χ2v) is 4.97. The molecule has 0 aliphatic rings. The number of nitrogens with two attached hydrogens (primary N) is 1. The normalized spacial score (nSPS) is 13.4. The van der Waals surface area contributed by atoms with Crippen molar-refractivity contribution in [3.8, 4) is 0 Å². The van der Waals surface area contributed by atoms with E-state index in [0.717, 1.165) is 18.5 Å². The molecule has 1 aromatic rings. The lowest BCUT2D eigenvalue weighted by atomic mass is 9.97. The SMILES string of the molecule is Cc1nn(C)c(C)c1CC(CC(C)C)NN. The Labute approximate surface area is 98.2 Å². The summed E-state index contributed by atoms with van der Waals surface area (Å²) in [6.07, 6.45) is 2.05. The number of hydrogen-bond donors (Lipinski definition) is 2. The fraction of sp³-hybridized carbons (Fsp3) is 0.750. The van der Waals surface area contributed by atoms with Crippen LogP contribution in [0.4, 0.5) is 0 Å². The summed E-state index contributed by atoms with van der Waals surface area (Å²) < 4.78 is 1.94. The molecule has 0 amide bonds. The summed E-state index contributed by atoms with van der Waals surface area (Å²) in [5, 5.41) is 4.43. The van der Waals surface area contributed by atoms with Crippen molar-refractivity contribution >= 4 is 0 Å². The van der Waals surface area contributed by atoms with E-state index < -0.39 is 0 Å². The van der Waals surface area contributed by atoms with Gasteiger partial charge in [-0.25, -0.2) is 0 Å². The van der Waals surface area contributed by atoms with Gasteiger partial charge in [0.05, 0.1) is 5.69 Å². The van der Waals surface area contributed by atoms with Crippen LogP contribution in [-0.4, -0.2) is 15.8 Å². The average molecular weight is 224 g/mol. The Morgan fingerprint density at radius 2 is 2.00 bits per heavy atom. The molecule has 1 aromatic heterocycles. The molecule has 0 aromatic carbocycles. The van der Waals surface area contributed by atoms with E-state index in [9.17, 15) is 0 Å². The van der Waals surface area contributed by atoms with Gasteiger partial charge in [0.15, 0.2) is 0 Å². The Bertz CT molecular complexity index is 341. The summed E-state index contributed by atoms with van der Waals surface area (Å²) in [5.74, 6) is 6.25. The van der Waals surface area contributed by atoms with Gasteiger partial charge in [0, 0.05) is 18.8 Å². The first-order valence-corrected chi connectivity index (χ1v) is 5.90. The zero-order chi connectivity index (χ0) is 12.3. The third-order valence-electron chi connectivity index (χ3n) is 3.10. The highest BCUT2D eigenvalue weighted by Gasteiger charge is 2.15. The van der Waals surface area contributed by atoms with Crippen molar-refractivity contribution in [3.05, 3.63) is 17.0 Å². The minimum Gasteiger partial charge on any atom is -0.272 e. The number of rotatable bonds is 5. The topological polar surface area (TPSA) is 55.9 Å². The van der Waals surface area contributed by atoms with E-state index in [0.29, 0.717) is 12.0 Å². The van der Waals surface area contributed by atoms with Crippen molar-refractivity contribution in [1.29, 1.82) is 0 Å². The number of nitrogens with one attached hydrogen (secondary N) is 1. The molecule has 0 saturated carbocycles. The predicted molar refractivity (Wildman–Crippen MR) is 67.0 cm³/mol. The van der Waals surface area contributed by atoms with Crippen molar-refractivity contribution in [3.63, 3.8) is 0 Å². The quantitative estimate of drug-likeness (QED) is 0.588. The van der Waals surface area contributed by atoms with Gasteiger partial charge >= 0.3 is 0 Å². The van der Waals surface area contributed by atoms with E-state index in [4.69, 9.17) is 5.84 Å². The number of hydrogen-bond acceptors (Lipinski definition) is 3. The van der Waals surface area contributed by atoms with Crippen molar-refractivity contribution in [2.24, 2.45) is 18.8 Å². The van der Waals surface area contributed by atoms with Crippen molar-refractivity contribution in [2.75, 3.05) is 0 Å². The molecule has 0 fully saturated rings. The number of hydrazine groups is 1. The third kappa shape index (κ3) is 3.06. The van der Waals surface area contributed by atoms with Gasteiger partial charge in [-0.3, -0.25) is 16.0 Å². The van der Waals surface area contributed by atoms with E-state index in [1.807, 2.05) is 11.7 Å². The third-order valence-corrected chi connectivity index (χ3v) is 3.10. The Kier molecular flexibility index (Phi) is 4.50. The highest BCUT2D eigenvalue weighted by molar-refractivity contribution is 5.25. The summed E-state index contributed by atoms with van der Waals surface area (Å²) in [7, 11) is 1.99. The maximum Gasteiger partial charge on any atom is 0.0628 e. The minimum absolute atomic E-state index is 0.335. The lowest BCUT2D eigenvalue weighted by Crippen LogP contribution is -2.38. The standard InChI is InChI=1S/C12H24N4/c1-8(2)6-11(14-13)7-12-9(3)15-16(5)10(12)4/h8,11,14H,6-7,13H2,1-5H3. The highest BCUT2D eigenvalue weighted by atomic mass is 15.3. The molecule has 0 radical (unpaired) electrons. The van der Waals surface area contributed by atoms with Crippen molar-refractivity contribution in [1.82, 2.24) is 15.2 Å². The predicted octanol–water partition coefficient (Wildman–Crippen LogP) is 1.46. The molecule has 1 heterocycles. The Balaban J connectivity index is 2.77. The largest absolute Gasteiger partial charge is 0.272 e. The fourth-order valence-corrected chi connectivity index (χ4v) is 2.14. The van der Waals surface area contributed by atoms with Gasteiger partial charge in [0.1, 0.15) is 0 Å². The molecular formula is C12H24N4. The highest BCUT2D eigenvalue weighted by Crippen LogP contribution is 2.16. The number of aromatic nitrogens is 2. The van der Waals surface area contributed by atoms with Crippen LogP contribution >= 0.6 is 0 Å². The number of aryl methyl sites for hydroxylation is 2. The smallest absolute Gasteiger partial charge is 0.0628 e. The molecular weight excluding hydrogens is 200 g/mol. The summed E-state index contributed by atoms with van der Waals surface area (Å²) in [6.45, 7) is 8.60. The van der Waals surface area contributed by atoms with Crippen LogP contribution in [0.3, 0.4) is 0 Å². The first-order valence-electron chi connectivity index (χ1n) is 5.90. The average Bonchev–Trinajstić information content (AvgIpc) is 2.43. The summed E-state index contributed by atoms with van der Waals surface area (Å²) in [6, 6.07) is 0.335. The molecule has 0 spiro atoms. The van der Waals surface area contributed by atoms with Gasteiger partial charge in [0.25, 0.3) is 0 Å². The van der Waals surface area contributed by atoms with Crippen molar-refractivity contribution in [2.45, 2.75) is 46.6 Å². The van der Waals surface area contributed by atoms with E-state index in [2.05, 4.69) is 38.2 Å². The second kappa shape index (κ2) is 5.46. The monoisotopic (exact) mass is 224 g/mol. The van der Waals surface area contributed by atoms with Gasteiger partial charge in [-0.1, -0.05) is 13.8 Å². The first-order chi connectivity index (χ1) is 7.45. The van der Waals surface area contributed by atoms with Crippen LogP contribution in [0.1, 0.15) is 37.2 Å². The maximum absolute atomic E-state index is 5.60. The van der Waals surface area contributed by atoms with Gasteiger partial charge in [-0.15, -0.1) is 0 Å². The van der Waals surface area contributed by atoms with Gasteiger partial charge < -0.3 is 0 Å². The lowest BCUT2D eigenvalue weighted by molar-refractivity contribution is 0.422. The molecule has 4 heteroatoms. The Morgan fingerprint density at radius 3 is 2.38 bits per heavy atom. The Hall–Kier alpha value is -0.870. The molecule has 0 bridgehead atoms. The molecule has 92 valence electrons. The molecule has 0 aliphatic carbocycles. The molecule has 3 N–H and O–H groups in total. The number of nitrogens with zero attached hydrogens (tertiary/aromatic N) is 2. The summed E-state index contributed by atoms with van der Waals surface area (Å²) >= 11 is 0. The first kappa shape index (κ1) is 13.2.